The van der Waals surface area contributed by atoms with Gasteiger partial charge < -0.3 is 14.2 Å². The average molecular weight is 371 g/mol. The maximum Gasteiger partial charge on any atom is 0.305 e. The number of rotatable bonds is 18. The minimum Gasteiger partial charge on any atom is -0.463 e. The molecule has 1 unspecified atom stereocenters. The summed E-state index contributed by atoms with van der Waals surface area (Å²) in [6.45, 7) is 3.46. The van der Waals surface area contributed by atoms with Gasteiger partial charge in [-0.05, 0) is 6.42 Å². The molecule has 0 aromatic heterocycles. The molecule has 1 saturated heterocycles. The molecule has 1 heterocycles. The molecule has 0 N–H and O–H groups in total. The van der Waals surface area contributed by atoms with Crippen LogP contribution in [0.3, 0.4) is 0 Å². The summed E-state index contributed by atoms with van der Waals surface area (Å²) in [4.78, 5) is 11.6. The van der Waals surface area contributed by atoms with E-state index in [-0.39, 0.29) is 12.1 Å². The van der Waals surface area contributed by atoms with Gasteiger partial charge >= 0.3 is 5.97 Å². The van der Waals surface area contributed by atoms with Crippen LogP contribution < -0.4 is 0 Å². The van der Waals surface area contributed by atoms with Crippen LogP contribution in [0.4, 0.5) is 0 Å². The van der Waals surface area contributed by atoms with E-state index in [2.05, 4.69) is 6.92 Å². The van der Waals surface area contributed by atoms with Gasteiger partial charge in [-0.3, -0.25) is 4.79 Å². The van der Waals surface area contributed by atoms with E-state index in [0.29, 0.717) is 26.4 Å². The molecule has 4 heteroatoms. The molecule has 0 spiro atoms. The zero-order valence-corrected chi connectivity index (χ0v) is 17.1. The molecule has 1 rings (SSSR count). The molecule has 0 saturated carbocycles. The van der Waals surface area contributed by atoms with Gasteiger partial charge in [0.05, 0.1) is 6.61 Å². The third-order valence-electron chi connectivity index (χ3n) is 5.11. The number of hydrogen-bond acceptors (Lipinski definition) is 4. The standard InChI is InChI=1S/C22H42O4/c1-2-3-4-5-6-7-8-9-10-11-12-13-14-15-16-17-22(23)25-19-21-18-24-20-26-21/h21H,2-20H2,1H3. The maximum absolute atomic E-state index is 11.6. The van der Waals surface area contributed by atoms with Crippen LogP contribution in [0.1, 0.15) is 110 Å². The number of ether oxygens (including phenoxy) is 3. The zero-order valence-electron chi connectivity index (χ0n) is 17.1. The summed E-state index contributed by atoms with van der Waals surface area (Å²) in [5.74, 6) is -0.102. The van der Waals surface area contributed by atoms with E-state index in [1.807, 2.05) is 0 Å². The fourth-order valence-electron chi connectivity index (χ4n) is 3.37. The van der Waals surface area contributed by atoms with Crippen LogP contribution in [0.5, 0.6) is 0 Å². The lowest BCUT2D eigenvalue weighted by atomic mass is 10.0. The lowest BCUT2D eigenvalue weighted by molar-refractivity contribution is -0.146. The van der Waals surface area contributed by atoms with Gasteiger partial charge in [-0.15, -0.1) is 0 Å². The van der Waals surface area contributed by atoms with Crippen LogP contribution in [0.25, 0.3) is 0 Å². The van der Waals surface area contributed by atoms with Gasteiger partial charge in [0.1, 0.15) is 19.5 Å². The molecule has 154 valence electrons. The second kappa shape index (κ2) is 17.8. The Morgan fingerprint density at radius 3 is 1.77 bits per heavy atom. The minimum atomic E-state index is -0.102. The molecule has 4 nitrogen and oxygen atoms in total. The predicted molar refractivity (Wildman–Crippen MR) is 106 cm³/mol. The Morgan fingerprint density at radius 2 is 1.31 bits per heavy atom. The summed E-state index contributed by atoms with van der Waals surface area (Å²) < 4.78 is 15.5. The van der Waals surface area contributed by atoms with Crippen molar-refractivity contribution in [2.75, 3.05) is 20.0 Å². The van der Waals surface area contributed by atoms with E-state index in [1.54, 1.807) is 0 Å². The number of hydrogen-bond donors (Lipinski definition) is 0. The average Bonchev–Trinajstić information content (AvgIpc) is 3.17. The smallest absolute Gasteiger partial charge is 0.305 e. The Kier molecular flexibility index (Phi) is 16.0. The Labute approximate surface area is 161 Å². The van der Waals surface area contributed by atoms with Crippen LogP contribution in [-0.2, 0) is 19.0 Å². The quantitative estimate of drug-likeness (QED) is 0.214. The normalized spacial score (nSPS) is 16.9. The lowest BCUT2D eigenvalue weighted by Crippen LogP contribution is -2.20. The third kappa shape index (κ3) is 14.5. The van der Waals surface area contributed by atoms with Gasteiger partial charge in [-0.1, -0.05) is 96.8 Å². The predicted octanol–water partition coefficient (Wildman–Crippen LogP) is 6.16. The van der Waals surface area contributed by atoms with E-state index >= 15 is 0 Å². The first-order valence-corrected chi connectivity index (χ1v) is 11.2. The molecule has 26 heavy (non-hydrogen) atoms. The number of esters is 1. The van der Waals surface area contributed by atoms with Crippen molar-refractivity contribution in [3.05, 3.63) is 0 Å². The Hall–Kier alpha value is -0.610. The summed E-state index contributed by atoms with van der Waals surface area (Å²) in [5, 5.41) is 0. The van der Waals surface area contributed by atoms with Crippen molar-refractivity contribution < 1.29 is 19.0 Å². The summed E-state index contributed by atoms with van der Waals surface area (Å²) >= 11 is 0. The van der Waals surface area contributed by atoms with Gasteiger partial charge in [0.15, 0.2) is 0 Å². The van der Waals surface area contributed by atoms with Crippen molar-refractivity contribution in [1.82, 2.24) is 0 Å². The molecule has 0 bridgehead atoms. The molecule has 0 amide bonds. The second-order valence-electron chi connectivity index (χ2n) is 7.66. The molecular weight excluding hydrogens is 328 g/mol. The summed E-state index contributed by atoms with van der Waals surface area (Å²) in [6.07, 6.45) is 20.5. The second-order valence-corrected chi connectivity index (χ2v) is 7.66. The summed E-state index contributed by atoms with van der Waals surface area (Å²) in [5.41, 5.74) is 0. The molecule has 1 aliphatic heterocycles. The van der Waals surface area contributed by atoms with Crippen molar-refractivity contribution in [2.24, 2.45) is 0 Å². The fourth-order valence-corrected chi connectivity index (χ4v) is 3.37. The van der Waals surface area contributed by atoms with Gasteiger partial charge in [-0.25, -0.2) is 0 Å². The summed E-state index contributed by atoms with van der Waals surface area (Å²) in [6, 6.07) is 0. The number of unbranched alkanes of at least 4 members (excludes halogenated alkanes) is 14. The SMILES string of the molecule is CCCCCCCCCCCCCCCCCC(=O)OCC1COCO1. The highest BCUT2D eigenvalue weighted by Crippen LogP contribution is 2.14. The van der Waals surface area contributed by atoms with Crippen LogP contribution in [0.15, 0.2) is 0 Å². The Morgan fingerprint density at radius 1 is 0.808 bits per heavy atom. The van der Waals surface area contributed by atoms with Gasteiger partial charge in [0.25, 0.3) is 0 Å². The minimum absolute atomic E-state index is 0.0694. The van der Waals surface area contributed by atoms with Crippen LogP contribution in [0.2, 0.25) is 0 Å². The monoisotopic (exact) mass is 370 g/mol. The van der Waals surface area contributed by atoms with E-state index in [9.17, 15) is 4.79 Å². The van der Waals surface area contributed by atoms with E-state index in [1.165, 1.54) is 83.5 Å². The van der Waals surface area contributed by atoms with Gasteiger partial charge in [0.2, 0.25) is 0 Å². The summed E-state index contributed by atoms with van der Waals surface area (Å²) in [7, 11) is 0. The van der Waals surface area contributed by atoms with Crippen LogP contribution >= 0.6 is 0 Å². The molecule has 1 aliphatic rings. The largest absolute Gasteiger partial charge is 0.463 e. The van der Waals surface area contributed by atoms with E-state index in [0.717, 1.165) is 12.8 Å². The third-order valence-corrected chi connectivity index (χ3v) is 5.11. The van der Waals surface area contributed by atoms with E-state index in [4.69, 9.17) is 14.2 Å². The van der Waals surface area contributed by atoms with Crippen molar-refractivity contribution in [2.45, 2.75) is 116 Å². The van der Waals surface area contributed by atoms with E-state index < -0.39 is 0 Å². The zero-order chi connectivity index (χ0) is 18.7. The first-order valence-electron chi connectivity index (χ1n) is 11.2. The first-order chi connectivity index (χ1) is 12.8. The molecule has 1 atom stereocenters. The topological polar surface area (TPSA) is 44.8 Å². The molecule has 0 aromatic rings. The van der Waals surface area contributed by atoms with Crippen molar-refractivity contribution >= 4 is 5.97 Å². The van der Waals surface area contributed by atoms with Crippen LogP contribution in [0, 0.1) is 0 Å². The first kappa shape index (κ1) is 23.4. The highest BCUT2D eigenvalue weighted by atomic mass is 16.7. The highest BCUT2D eigenvalue weighted by Gasteiger charge is 2.17. The Balaban J connectivity index is 1.70. The molecule has 0 aromatic carbocycles. The van der Waals surface area contributed by atoms with Crippen molar-refractivity contribution in [3.8, 4) is 0 Å². The Bertz CT molecular complexity index is 313. The molecule has 0 aliphatic carbocycles. The van der Waals surface area contributed by atoms with Crippen molar-refractivity contribution in [3.63, 3.8) is 0 Å². The highest BCUT2D eigenvalue weighted by molar-refractivity contribution is 5.69. The molecule has 1 fully saturated rings. The van der Waals surface area contributed by atoms with Gasteiger partial charge in [0, 0.05) is 6.42 Å². The lowest BCUT2D eigenvalue weighted by Gasteiger charge is -2.08. The number of carbonyl (C=O) groups is 1. The van der Waals surface area contributed by atoms with Crippen LogP contribution in [-0.4, -0.2) is 32.1 Å². The number of carbonyl (C=O) groups excluding carboxylic acids is 1. The van der Waals surface area contributed by atoms with Gasteiger partial charge in [-0.2, -0.15) is 0 Å². The fraction of sp³-hybridized carbons (Fsp3) is 0.955. The molecular formula is C22H42O4. The van der Waals surface area contributed by atoms with Crippen molar-refractivity contribution in [1.29, 1.82) is 0 Å². The maximum atomic E-state index is 11.6. The molecule has 0 radical (unpaired) electrons.